The van der Waals surface area contributed by atoms with Gasteiger partial charge in [-0.3, -0.25) is 0 Å². The van der Waals surface area contributed by atoms with E-state index in [-0.39, 0.29) is 0 Å². The molecule has 0 aromatic heterocycles. The third-order valence-electron chi connectivity index (χ3n) is 4.81. The van der Waals surface area contributed by atoms with E-state index in [1.807, 2.05) is 12.1 Å². The standard InChI is InChI=1S/C18H27NO2/c1-18(2,3)14-10-8-13(9-11-14)12-19-16-7-5-4-6-15(16)17(20)21/h4-7,13-14,19H,8-12H2,1-3H3,(H,20,21). The summed E-state index contributed by atoms with van der Waals surface area (Å²) in [4.78, 5) is 11.2. The van der Waals surface area contributed by atoms with Crippen molar-refractivity contribution in [1.29, 1.82) is 0 Å². The Kier molecular flexibility index (Phi) is 4.92. The highest BCUT2D eigenvalue weighted by Gasteiger charge is 2.29. The highest BCUT2D eigenvalue weighted by molar-refractivity contribution is 5.94. The van der Waals surface area contributed by atoms with Crippen LogP contribution in [0.5, 0.6) is 0 Å². The molecule has 0 saturated heterocycles. The summed E-state index contributed by atoms with van der Waals surface area (Å²) >= 11 is 0. The molecule has 3 nitrogen and oxygen atoms in total. The van der Waals surface area contributed by atoms with Gasteiger partial charge in [0.1, 0.15) is 0 Å². The molecule has 1 aliphatic rings. The van der Waals surface area contributed by atoms with Crippen molar-refractivity contribution >= 4 is 11.7 Å². The number of hydrogen-bond donors (Lipinski definition) is 2. The minimum atomic E-state index is -0.866. The van der Waals surface area contributed by atoms with Crippen molar-refractivity contribution in [3.63, 3.8) is 0 Å². The molecule has 0 unspecified atom stereocenters. The molecule has 0 spiro atoms. The first-order valence-corrected chi connectivity index (χ1v) is 7.94. The maximum absolute atomic E-state index is 11.2. The highest BCUT2D eigenvalue weighted by atomic mass is 16.4. The van der Waals surface area contributed by atoms with Crippen LogP contribution >= 0.6 is 0 Å². The van der Waals surface area contributed by atoms with Crippen LogP contribution in [-0.2, 0) is 0 Å². The summed E-state index contributed by atoms with van der Waals surface area (Å²) in [5, 5.41) is 12.5. The van der Waals surface area contributed by atoms with Gasteiger partial charge in [0, 0.05) is 12.2 Å². The summed E-state index contributed by atoms with van der Waals surface area (Å²) in [7, 11) is 0. The van der Waals surface area contributed by atoms with Crippen LogP contribution in [0.1, 0.15) is 56.8 Å². The van der Waals surface area contributed by atoms with E-state index < -0.39 is 5.97 Å². The van der Waals surface area contributed by atoms with Crippen LogP contribution in [0.15, 0.2) is 24.3 Å². The first-order chi connectivity index (χ1) is 9.88. The number of carboxylic acids is 1. The zero-order chi connectivity index (χ0) is 15.5. The first-order valence-electron chi connectivity index (χ1n) is 7.94. The predicted molar refractivity (Wildman–Crippen MR) is 86.8 cm³/mol. The number of benzene rings is 1. The molecule has 21 heavy (non-hydrogen) atoms. The molecule has 0 radical (unpaired) electrons. The largest absolute Gasteiger partial charge is 0.478 e. The monoisotopic (exact) mass is 289 g/mol. The molecule has 0 heterocycles. The van der Waals surface area contributed by atoms with Gasteiger partial charge < -0.3 is 10.4 Å². The Morgan fingerprint density at radius 2 is 1.81 bits per heavy atom. The van der Waals surface area contributed by atoms with Gasteiger partial charge in [-0.25, -0.2) is 4.79 Å². The second kappa shape index (κ2) is 6.50. The smallest absolute Gasteiger partial charge is 0.337 e. The summed E-state index contributed by atoms with van der Waals surface area (Å²) < 4.78 is 0. The van der Waals surface area contributed by atoms with Gasteiger partial charge in [-0.2, -0.15) is 0 Å². The topological polar surface area (TPSA) is 49.3 Å². The lowest BCUT2D eigenvalue weighted by molar-refractivity contribution is 0.0698. The Morgan fingerprint density at radius 3 is 2.38 bits per heavy atom. The van der Waals surface area contributed by atoms with Crippen molar-refractivity contribution in [2.45, 2.75) is 46.5 Å². The lowest BCUT2D eigenvalue weighted by atomic mass is 9.70. The van der Waals surface area contributed by atoms with Gasteiger partial charge >= 0.3 is 5.97 Å². The Morgan fingerprint density at radius 1 is 1.19 bits per heavy atom. The van der Waals surface area contributed by atoms with Crippen molar-refractivity contribution in [3.8, 4) is 0 Å². The number of carboxylic acid groups (broad SMARTS) is 1. The molecule has 1 aromatic rings. The molecule has 0 amide bonds. The third kappa shape index (κ3) is 4.23. The highest BCUT2D eigenvalue weighted by Crippen LogP contribution is 2.39. The quantitative estimate of drug-likeness (QED) is 0.848. The van der Waals surface area contributed by atoms with Crippen molar-refractivity contribution in [2.75, 3.05) is 11.9 Å². The average Bonchev–Trinajstić information content (AvgIpc) is 2.45. The van der Waals surface area contributed by atoms with Crippen LogP contribution < -0.4 is 5.32 Å². The second-order valence-electron chi connectivity index (χ2n) is 7.32. The van der Waals surface area contributed by atoms with Crippen molar-refractivity contribution < 1.29 is 9.90 Å². The summed E-state index contributed by atoms with van der Waals surface area (Å²) in [6.07, 6.45) is 5.06. The van der Waals surface area contributed by atoms with Gasteiger partial charge in [0.15, 0.2) is 0 Å². The third-order valence-corrected chi connectivity index (χ3v) is 4.81. The number of carbonyl (C=O) groups is 1. The van der Waals surface area contributed by atoms with Gasteiger partial charge in [-0.05, 0) is 55.1 Å². The van der Waals surface area contributed by atoms with E-state index in [0.717, 1.165) is 18.2 Å². The first kappa shape index (κ1) is 15.9. The molecule has 0 aliphatic heterocycles. The minimum absolute atomic E-state index is 0.362. The fourth-order valence-corrected chi connectivity index (χ4v) is 3.31. The van der Waals surface area contributed by atoms with Crippen molar-refractivity contribution in [1.82, 2.24) is 0 Å². The lowest BCUT2D eigenvalue weighted by Crippen LogP contribution is -2.28. The number of nitrogens with one attached hydrogen (secondary N) is 1. The summed E-state index contributed by atoms with van der Waals surface area (Å²) in [6.45, 7) is 7.87. The number of para-hydroxylation sites is 1. The summed E-state index contributed by atoms with van der Waals surface area (Å²) in [5.41, 5.74) is 1.51. The Hall–Kier alpha value is -1.51. The fourth-order valence-electron chi connectivity index (χ4n) is 3.31. The second-order valence-corrected chi connectivity index (χ2v) is 7.32. The van der Waals surface area contributed by atoms with Gasteiger partial charge in [0.05, 0.1) is 5.56 Å². The van der Waals surface area contributed by atoms with Crippen LogP contribution in [0.3, 0.4) is 0 Å². The van der Waals surface area contributed by atoms with E-state index in [2.05, 4.69) is 26.1 Å². The molecular weight excluding hydrogens is 262 g/mol. The number of anilines is 1. The molecule has 2 rings (SSSR count). The normalized spacial score (nSPS) is 22.8. The zero-order valence-electron chi connectivity index (χ0n) is 13.4. The van der Waals surface area contributed by atoms with E-state index in [0.29, 0.717) is 16.9 Å². The molecule has 0 atom stereocenters. The number of aromatic carboxylic acids is 1. The van der Waals surface area contributed by atoms with E-state index in [4.69, 9.17) is 0 Å². The Bertz CT molecular complexity index is 482. The van der Waals surface area contributed by atoms with Crippen molar-refractivity contribution in [3.05, 3.63) is 29.8 Å². The lowest BCUT2D eigenvalue weighted by Gasteiger charge is -2.37. The number of hydrogen-bond acceptors (Lipinski definition) is 2. The summed E-state index contributed by atoms with van der Waals surface area (Å²) in [5.74, 6) is 0.611. The van der Waals surface area contributed by atoms with Gasteiger partial charge in [-0.1, -0.05) is 32.9 Å². The van der Waals surface area contributed by atoms with E-state index in [1.165, 1.54) is 25.7 Å². The molecule has 2 N–H and O–H groups in total. The molecule has 1 fully saturated rings. The van der Waals surface area contributed by atoms with Crippen LogP contribution in [0.2, 0.25) is 0 Å². The predicted octanol–water partition coefficient (Wildman–Crippen LogP) is 4.65. The molecule has 3 heteroatoms. The van der Waals surface area contributed by atoms with E-state index in [1.54, 1.807) is 12.1 Å². The SMILES string of the molecule is CC(C)(C)C1CCC(CNc2ccccc2C(=O)O)CC1. The molecule has 0 bridgehead atoms. The van der Waals surface area contributed by atoms with Gasteiger partial charge in [0.25, 0.3) is 0 Å². The van der Waals surface area contributed by atoms with Crippen LogP contribution in [0.25, 0.3) is 0 Å². The van der Waals surface area contributed by atoms with Gasteiger partial charge in [0.2, 0.25) is 0 Å². The molecule has 1 saturated carbocycles. The molecular formula is C18H27NO2. The maximum atomic E-state index is 11.2. The number of rotatable bonds is 4. The minimum Gasteiger partial charge on any atom is -0.478 e. The fraction of sp³-hybridized carbons (Fsp3) is 0.611. The average molecular weight is 289 g/mol. The Balaban J connectivity index is 1.87. The zero-order valence-corrected chi connectivity index (χ0v) is 13.4. The van der Waals surface area contributed by atoms with Crippen molar-refractivity contribution in [2.24, 2.45) is 17.3 Å². The van der Waals surface area contributed by atoms with Crippen LogP contribution in [0.4, 0.5) is 5.69 Å². The summed E-state index contributed by atoms with van der Waals surface area (Å²) in [6, 6.07) is 7.15. The van der Waals surface area contributed by atoms with E-state index >= 15 is 0 Å². The van der Waals surface area contributed by atoms with Gasteiger partial charge in [-0.15, -0.1) is 0 Å². The molecule has 1 aromatic carbocycles. The maximum Gasteiger partial charge on any atom is 0.337 e. The molecule has 116 valence electrons. The molecule has 1 aliphatic carbocycles. The van der Waals surface area contributed by atoms with E-state index in [9.17, 15) is 9.90 Å². The Labute approximate surface area is 127 Å². The van der Waals surface area contributed by atoms with Crippen LogP contribution in [-0.4, -0.2) is 17.6 Å². The van der Waals surface area contributed by atoms with Crippen LogP contribution in [0, 0.1) is 17.3 Å².